The van der Waals surface area contributed by atoms with Crippen LogP contribution in [-0.4, -0.2) is 79.3 Å². The Balaban J connectivity index is -0.0000000910. The van der Waals surface area contributed by atoms with Crippen molar-refractivity contribution in [3.8, 4) is 0 Å². The molecule has 0 spiro atoms. The molecule has 0 radical (unpaired) electrons. The van der Waals surface area contributed by atoms with Gasteiger partial charge in [-0.3, -0.25) is 9.11 Å². The molecule has 0 aliphatic heterocycles. The molecular weight excluding hydrogens is 212 g/mol. The fourth-order valence-corrected chi connectivity index (χ4v) is 0. The van der Waals surface area contributed by atoms with E-state index in [4.69, 9.17) is 32.5 Å². The molecule has 0 saturated heterocycles. The zero-order valence-corrected chi connectivity index (χ0v) is 5.82. The Bertz CT molecular complexity index is 76.1. The molecule has 0 amide bonds. The summed E-state index contributed by atoms with van der Waals surface area (Å²) in [7, 11) is -4.61. The van der Waals surface area contributed by atoms with Gasteiger partial charge in [0, 0.05) is 0 Å². The summed E-state index contributed by atoms with van der Waals surface area (Å²) >= 11 is -2.61. The van der Waals surface area contributed by atoms with Crippen molar-refractivity contribution in [2.24, 2.45) is 0 Å². The first-order chi connectivity index (χ1) is 3.73. The third-order valence-electron chi connectivity index (χ3n) is 0. The van der Waals surface area contributed by atoms with Crippen molar-refractivity contribution < 1.29 is 32.5 Å². The summed E-state index contributed by atoms with van der Waals surface area (Å²) in [5, 5.41) is 0. The molecular formula is H8CaO7SSi. The summed E-state index contributed by atoms with van der Waals surface area (Å²) in [6.07, 6.45) is 0. The predicted octanol–water partition coefficient (Wildman–Crippen LogP) is -3.84. The van der Waals surface area contributed by atoms with Crippen LogP contribution in [0.5, 0.6) is 0 Å². The maximum absolute atomic E-state index is 8.67. The van der Waals surface area contributed by atoms with E-state index in [9.17, 15) is 0 Å². The topological polar surface area (TPSA) is 138 Å². The molecule has 10 heteroatoms. The second-order valence-corrected chi connectivity index (χ2v) is 2.49. The summed E-state index contributed by atoms with van der Waals surface area (Å²) in [4.78, 5) is 29.3. The monoisotopic (exact) mass is 220 g/mol. The summed E-state index contributed by atoms with van der Waals surface area (Å²) in [5.74, 6) is 0. The van der Waals surface area contributed by atoms with Crippen LogP contribution in [0, 0.1) is 0 Å². The third kappa shape index (κ3) is 343. The van der Waals surface area contributed by atoms with Gasteiger partial charge in [-0.15, -0.1) is 0 Å². The molecule has 0 saturated carbocycles. The van der Waals surface area contributed by atoms with E-state index in [0.29, 0.717) is 0 Å². The van der Waals surface area contributed by atoms with Gasteiger partial charge in [-0.25, -0.2) is 0 Å². The fraction of sp³-hybridized carbons (Fsp3) is 0. The van der Waals surface area contributed by atoms with Crippen molar-refractivity contribution in [2.45, 2.75) is 0 Å². The van der Waals surface area contributed by atoms with Gasteiger partial charge in [-0.1, -0.05) is 0 Å². The maximum atomic E-state index is 8.67. The normalized spacial score (nSPS) is 9.50. The van der Waals surface area contributed by atoms with Crippen molar-refractivity contribution in [1.82, 2.24) is 0 Å². The fourth-order valence-electron chi connectivity index (χ4n) is 0. The second kappa shape index (κ2) is 8.48. The van der Waals surface area contributed by atoms with Crippen LogP contribution in [0.3, 0.4) is 0 Å². The van der Waals surface area contributed by atoms with Gasteiger partial charge in [0.05, 0.1) is 0 Å². The van der Waals surface area contributed by atoms with Gasteiger partial charge >= 0.3 is 46.8 Å². The van der Waals surface area contributed by atoms with Gasteiger partial charge in [-0.2, -0.15) is 4.21 Å². The van der Waals surface area contributed by atoms with Crippen LogP contribution < -0.4 is 0 Å². The molecule has 0 heterocycles. The van der Waals surface area contributed by atoms with E-state index < -0.39 is 20.4 Å². The summed E-state index contributed by atoms with van der Waals surface area (Å²) < 4.78 is 22.8. The molecule has 0 fully saturated rings. The molecule has 0 rings (SSSR count). The number of rotatable bonds is 0. The third-order valence-corrected chi connectivity index (χ3v) is 0. The minimum absolute atomic E-state index is 0. The van der Waals surface area contributed by atoms with Gasteiger partial charge in [-0.05, 0) is 0 Å². The molecule has 0 aliphatic carbocycles. The summed E-state index contributed by atoms with van der Waals surface area (Å²) in [5.41, 5.74) is 0. The van der Waals surface area contributed by atoms with Crippen LogP contribution in [0.2, 0.25) is 0 Å². The van der Waals surface area contributed by atoms with Crippen molar-refractivity contribution in [2.75, 3.05) is 0 Å². The first kappa shape index (κ1) is 17.5. The van der Waals surface area contributed by atoms with Crippen LogP contribution in [0.1, 0.15) is 0 Å². The van der Waals surface area contributed by atoms with Crippen molar-refractivity contribution >= 4 is 58.1 Å². The first-order valence-corrected chi connectivity index (χ1v) is 4.28. The van der Waals surface area contributed by atoms with Gasteiger partial charge in [0.1, 0.15) is 0 Å². The molecule has 6 N–H and O–H groups in total. The van der Waals surface area contributed by atoms with Gasteiger partial charge in [0.2, 0.25) is 0 Å². The van der Waals surface area contributed by atoms with Gasteiger partial charge in [0.15, 0.2) is 0 Å². The van der Waals surface area contributed by atoms with E-state index in [0.717, 1.165) is 0 Å². The van der Waals surface area contributed by atoms with E-state index in [1.165, 1.54) is 0 Å². The Labute approximate surface area is 89.9 Å². The Morgan fingerprint density at radius 3 is 1.00 bits per heavy atom. The van der Waals surface area contributed by atoms with Crippen LogP contribution in [0.15, 0.2) is 0 Å². The van der Waals surface area contributed by atoms with Crippen LogP contribution in [0.4, 0.5) is 0 Å². The molecule has 10 heavy (non-hydrogen) atoms. The van der Waals surface area contributed by atoms with E-state index >= 15 is 0 Å². The van der Waals surface area contributed by atoms with Crippen LogP contribution in [0.25, 0.3) is 0 Å². The van der Waals surface area contributed by atoms with E-state index in [-0.39, 0.29) is 37.7 Å². The van der Waals surface area contributed by atoms with Crippen molar-refractivity contribution in [3.05, 3.63) is 0 Å². The molecule has 0 bridgehead atoms. The zero-order valence-electron chi connectivity index (χ0n) is 4.00. The molecule has 0 atom stereocenters. The van der Waals surface area contributed by atoms with Crippen LogP contribution in [-0.2, 0) is 11.4 Å². The molecule has 62 valence electrons. The molecule has 0 aromatic rings. The Kier molecular flexibility index (Phi) is 14.8. The second-order valence-electron chi connectivity index (χ2n) is 0.831. The Hall–Kier alpha value is 1.39. The molecule has 0 unspecified atom stereocenters. The molecule has 0 aromatic heterocycles. The first-order valence-electron chi connectivity index (χ1n) is 1.43. The van der Waals surface area contributed by atoms with Crippen molar-refractivity contribution in [1.29, 1.82) is 0 Å². The summed E-state index contributed by atoms with van der Waals surface area (Å²) in [6, 6.07) is 0. The average molecular weight is 220 g/mol. The molecule has 0 aliphatic rings. The number of hydrogen-bond donors (Lipinski definition) is 6. The quantitative estimate of drug-likeness (QED) is 0.181. The molecule has 7 nitrogen and oxygen atoms in total. The van der Waals surface area contributed by atoms with Gasteiger partial charge < -0.3 is 19.2 Å². The minimum atomic E-state index is -4.61. The standard InChI is InChI=1S/Ca.H4O4Si.H2O3S.2H/c;1-5(2,3)4;1-4(2)3;;/h;1-4H;(H2,1,2,3);;. The van der Waals surface area contributed by atoms with E-state index in [1.54, 1.807) is 0 Å². The van der Waals surface area contributed by atoms with Crippen LogP contribution >= 0.6 is 0 Å². The predicted molar refractivity (Wildman–Crippen MR) is 36.6 cm³/mol. The van der Waals surface area contributed by atoms with Crippen molar-refractivity contribution in [3.63, 3.8) is 0 Å². The Morgan fingerprint density at radius 2 is 1.00 bits per heavy atom. The summed E-state index contributed by atoms with van der Waals surface area (Å²) in [6.45, 7) is 0. The Morgan fingerprint density at radius 1 is 1.00 bits per heavy atom. The van der Waals surface area contributed by atoms with E-state index in [1.807, 2.05) is 0 Å². The SMILES string of the molecule is O=S(O)O.O[Si](O)(O)O.[CaH2]. The average Bonchev–Trinajstić information content (AvgIpc) is 1.19. The van der Waals surface area contributed by atoms with E-state index in [2.05, 4.69) is 0 Å². The molecule has 0 aromatic carbocycles. The zero-order chi connectivity index (χ0) is 8.08. The van der Waals surface area contributed by atoms with Gasteiger partial charge in [0.25, 0.3) is 11.4 Å². The number of hydrogen-bond acceptors (Lipinski definition) is 5.